The third kappa shape index (κ3) is 3.22. The quantitative estimate of drug-likeness (QED) is 0.825. The second kappa shape index (κ2) is 6.37. The molecule has 1 aromatic rings. The second-order valence-electron chi connectivity index (χ2n) is 10.9. The standard InChI is InChI=1S/C22H35N5O2/c1-16-10-18(26-9-8-23-13-22(26)6-5-7-22)24-27(16)17-11-21(12-17)14-25(15-21)19(28)29-20(2,3)4/h10,17,23H,5-9,11-15H2,1-4H3. The zero-order chi connectivity index (χ0) is 20.4. The Labute approximate surface area is 173 Å². The van der Waals surface area contributed by atoms with Crippen LogP contribution in [0.5, 0.6) is 0 Å². The number of likely N-dealkylation sites (tertiary alicyclic amines) is 1. The fourth-order valence-corrected chi connectivity index (χ4v) is 5.80. The molecule has 2 aliphatic heterocycles. The van der Waals surface area contributed by atoms with Crippen LogP contribution in [0, 0.1) is 12.3 Å². The van der Waals surface area contributed by atoms with Gasteiger partial charge in [-0.05, 0) is 59.8 Å². The topological polar surface area (TPSA) is 62.6 Å². The number of nitrogens with zero attached hydrogens (tertiary/aromatic N) is 4. The number of hydrogen-bond donors (Lipinski definition) is 1. The van der Waals surface area contributed by atoms with E-state index in [4.69, 9.17) is 9.84 Å². The Morgan fingerprint density at radius 1 is 1.28 bits per heavy atom. The molecule has 4 fully saturated rings. The summed E-state index contributed by atoms with van der Waals surface area (Å²) < 4.78 is 7.75. The highest BCUT2D eigenvalue weighted by Gasteiger charge is 2.55. The molecule has 0 radical (unpaired) electrons. The van der Waals surface area contributed by atoms with Gasteiger partial charge in [-0.3, -0.25) is 4.68 Å². The molecule has 29 heavy (non-hydrogen) atoms. The molecule has 0 aromatic carbocycles. The van der Waals surface area contributed by atoms with Crippen molar-refractivity contribution in [1.29, 1.82) is 0 Å². The summed E-state index contributed by atoms with van der Waals surface area (Å²) in [5, 5.41) is 8.65. The lowest BCUT2D eigenvalue weighted by Crippen LogP contribution is -2.65. The monoisotopic (exact) mass is 401 g/mol. The summed E-state index contributed by atoms with van der Waals surface area (Å²) in [5.74, 6) is 1.16. The number of rotatable bonds is 2. The lowest BCUT2D eigenvalue weighted by atomic mass is 9.61. The maximum atomic E-state index is 12.2. The van der Waals surface area contributed by atoms with E-state index in [0.717, 1.165) is 51.4 Å². The van der Waals surface area contributed by atoms with E-state index in [0.29, 0.717) is 11.6 Å². The lowest BCUT2D eigenvalue weighted by Gasteiger charge is -2.58. The molecule has 7 heteroatoms. The van der Waals surface area contributed by atoms with Crippen LogP contribution in [0.15, 0.2) is 6.07 Å². The number of amides is 1. The highest BCUT2D eigenvalue weighted by atomic mass is 16.6. The minimum absolute atomic E-state index is 0.173. The highest BCUT2D eigenvalue weighted by Crippen LogP contribution is 2.54. The normalized spacial score (nSPS) is 25.5. The van der Waals surface area contributed by atoms with E-state index in [1.807, 2.05) is 25.7 Å². The van der Waals surface area contributed by atoms with E-state index in [2.05, 4.69) is 27.9 Å². The van der Waals surface area contributed by atoms with E-state index < -0.39 is 5.60 Å². The number of carbonyl (C=O) groups excluding carboxylic acids is 1. The van der Waals surface area contributed by atoms with Crippen molar-refractivity contribution >= 4 is 11.9 Å². The van der Waals surface area contributed by atoms with Crippen LogP contribution in [-0.2, 0) is 4.74 Å². The molecule has 0 atom stereocenters. The van der Waals surface area contributed by atoms with Crippen LogP contribution < -0.4 is 10.2 Å². The average Bonchev–Trinajstić information content (AvgIpc) is 2.90. The van der Waals surface area contributed by atoms with Crippen LogP contribution in [0.3, 0.4) is 0 Å². The summed E-state index contributed by atoms with van der Waals surface area (Å²) in [6.07, 6.45) is 5.94. The molecule has 2 saturated carbocycles. The number of anilines is 1. The summed E-state index contributed by atoms with van der Waals surface area (Å²) in [5.41, 5.74) is 1.42. The zero-order valence-electron chi connectivity index (χ0n) is 18.3. The van der Waals surface area contributed by atoms with Crippen molar-refractivity contribution in [2.75, 3.05) is 37.6 Å². The predicted octanol–water partition coefficient (Wildman–Crippen LogP) is 3.10. The molecule has 1 N–H and O–H groups in total. The van der Waals surface area contributed by atoms with Gasteiger partial charge in [0.05, 0.1) is 11.6 Å². The van der Waals surface area contributed by atoms with Crippen molar-refractivity contribution in [1.82, 2.24) is 20.0 Å². The first kappa shape index (κ1) is 19.2. The van der Waals surface area contributed by atoms with Gasteiger partial charge in [0.1, 0.15) is 5.60 Å². The van der Waals surface area contributed by atoms with E-state index in [1.54, 1.807) is 0 Å². The maximum absolute atomic E-state index is 12.2. The van der Waals surface area contributed by atoms with Crippen LogP contribution in [0.1, 0.15) is 64.6 Å². The molecule has 1 amide bonds. The molecular formula is C22H35N5O2. The molecule has 2 spiro atoms. The van der Waals surface area contributed by atoms with Crippen molar-refractivity contribution in [2.45, 2.75) is 77.0 Å². The molecule has 7 nitrogen and oxygen atoms in total. The van der Waals surface area contributed by atoms with Crippen molar-refractivity contribution in [3.05, 3.63) is 11.8 Å². The van der Waals surface area contributed by atoms with Crippen molar-refractivity contribution in [2.24, 2.45) is 5.41 Å². The first-order valence-electron chi connectivity index (χ1n) is 11.2. The molecule has 4 aliphatic rings. The number of nitrogens with one attached hydrogen (secondary N) is 1. The van der Waals surface area contributed by atoms with E-state index >= 15 is 0 Å². The van der Waals surface area contributed by atoms with Crippen molar-refractivity contribution in [3.63, 3.8) is 0 Å². The number of piperazine rings is 1. The molecule has 2 aliphatic carbocycles. The Bertz CT molecular complexity index is 793. The molecule has 160 valence electrons. The Morgan fingerprint density at radius 3 is 2.62 bits per heavy atom. The molecule has 5 rings (SSSR count). The Morgan fingerprint density at radius 2 is 2.00 bits per heavy atom. The summed E-state index contributed by atoms with van der Waals surface area (Å²) in [6.45, 7) is 12.8. The van der Waals surface area contributed by atoms with Crippen molar-refractivity contribution in [3.8, 4) is 0 Å². The number of aromatic nitrogens is 2. The van der Waals surface area contributed by atoms with Crippen LogP contribution >= 0.6 is 0 Å². The molecule has 0 bridgehead atoms. The van der Waals surface area contributed by atoms with Gasteiger partial charge in [-0.15, -0.1) is 0 Å². The van der Waals surface area contributed by atoms with Gasteiger partial charge in [0, 0.05) is 49.9 Å². The fourth-order valence-electron chi connectivity index (χ4n) is 5.80. The number of aryl methyl sites for hydroxylation is 1. The number of hydrogen-bond acceptors (Lipinski definition) is 5. The summed E-state index contributed by atoms with van der Waals surface area (Å²) >= 11 is 0. The maximum Gasteiger partial charge on any atom is 0.410 e. The van der Waals surface area contributed by atoms with E-state index in [1.165, 1.54) is 25.0 Å². The molecular weight excluding hydrogens is 366 g/mol. The van der Waals surface area contributed by atoms with Gasteiger partial charge in [-0.2, -0.15) is 5.10 Å². The summed E-state index contributed by atoms with van der Waals surface area (Å²) in [4.78, 5) is 16.6. The van der Waals surface area contributed by atoms with Crippen molar-refractivity contribution < 1.29 is 9.53 Å². The molecule has 2 saturated heterocycles. The predicted molar refractivity (Wildman–Crippen MR) is 112 cm³/mol. The van der Waals surface area contributed by atoms with Gasteiger partial charge < -0.3 is 19.9 Å². The lowest BCUT2D eigenvalue weighted by molar-refractivity contribution is -0.0930. The van der Waals surface area contributed by atoms with Crippen LogP contribution in [0.2, 0.25) is 0 Å². The Hall–Kier alpha value is -1.76. The summed E-state index contributed by atoms with van der Waals surface area (Å²) in [7, 11) is 0. The third-order valence-electron chi connectivity index (χ3n) is 7.40. The van der Waals surface area contributed by atoms with Gasteiger partial charge >= 0.3 is 6.09 Å². The van der Waals surface area contributed by atoms with Crippen LogP contribution in [0.25, 0.3) is 0 Å². The largest absolute Gasteiger partial charge is 0.444 e. The van der Waals surface area contributed by atoms with Gasteiger partial charge in [0.2, 0.25) is 0 Å². The van der Waals surface area contributed by atoms with Gasteiger partial charge in [0.15, 0.2) is 5.82 Å². The average molecular weight is 402 g/mol. The SMILES string of the molecule is Cc1cc(N2CCNCC23CCC3)nn1C1CC2(C1)CN(C(=O)OC(C)(C)C)C2. The van der Waals surface area contributed by atoms with Gasteiger partial charge in [-0.25, -0.2) is 4.79 Å². The molecule has 3 heterocycles. The number of carbonyl (C=O) groups is 1. The molecule has 1 aromatic heterocycles. The van der Waals surface area contributed by atoms with Crippen LogP contribution in [-0.4, -0.2) is 64.6 Å². The minimum Gasteiger partial charge on any atom is -0.444 e. The first-order chi connectivity index (χ1) is 13.7. The second-order valence-corrected chi connectivity index (χ2v) is 10.9. The Balaban J connectivity index is 1.21. The summed E-state index contributed by atoms with van der Waals surface area (Å²) in [6, 6.07) is 2.74. The zero-order valence-corrected chi connectivity index (χ0v) is 18.3. The fraction of sp³-hybridized carbons (Fsp3) is 0.818. The van der Waals surface area contributed by atoms with Gasteiger partial charge in [-0.1, -0.05) is 0 Å². The van der Waals surface area contributed by atoms with Gasteiger partial charge in [0.25, 0.3) is 0 Å². The van der Waals surface area contributed by atoms with E-state index in [9.17, 15) is 4.79 Å². The third-order valence-corrected chi connectivity index (χ3v) is 7.40. The van der Waals surface area contributed by atoms with Crippen LogP contribution in [0.4, 0.5) is 10.6 Å². The minimum atomic E-state index is -0.424. The highest BCUT2D eigenvalue weighted by molar-refractivity contribution is 5.69. The number of ether oxygens (including phenoxy) is 1. The smallest absolute Gasteiger partial charge is 0.410 e. The van der Waals surface area contributed by atoms with E-state index in [-0.39, 0.29) is 11.5 Å². The Kier molecular flexibility index (Phi) is 4.22. The first-order valence-corrected chi connectivity index (χ1v) is 11.2. The molecule has 0 unspecified atom stereocenters.